The van der Waals surface area contributed by atoms with Crippen LogP contribution in [0, 0.1) is 6.92 Å². The second-order valence-electron chi connectivity index (χ2n) is 8.61. The molecule has 2 N–H and O–H groups in total. The van der Waals surface area contributed by atoms with Gasteiger partial charge in [-0.1, -0.05) is 23.2 Å². The molecule has 0 spiro atoms. The van der Waals surface area contributed by atoms with E-state index in [0.29, 0.717) is 17.1 Å². The highest BCUT2D eigenvalue weighted by Crippen LogP contribution is 2.34. The lowest BCUT2D eigenvalue weighted by molar-refractivity contribution is 0.0606. The quantitative estimate of drug-likeness (QED) is 0.583. The number of pyridine rings is 1. The Labute approximate surface area is 196 Å². The van der Waals surface area contributed by atoms with Crippen LogP contribution in [0.3, 0.4) is 0 Å². The third-order valence-electron chi connectivity index (χ3n) is 6.31. The summed E-state index contributed by atoms with van der Waals surface area (Å²) < 4.78 is 1.80. The minimum atomic E-state index is -0.156. The average molecular weight is 474 g/mol. The van der Waals surface area contributed by atoms with Gasteiger partial charge in [-0.2, -0.15) is 5.10 Å². The largest absolute Gasteiger partial charge is 0.355 e. The van der Waals surface area contributed by atoms with Gasteiger partial charge in [-0.25, -0.2) is 14.5 Å². The van der Waals surface area contributed by atoms with Gasteiger partial charge in [0.2, 0.25) is 0 Å². The Hall–Kier alpha value is -2.42. The normalized spacial score (nSPS) is 21.5. The molecule has 0 radical (unpaired) electrons. The maximum Gasteiger partial charge on any atom is 0.256 e. The second kappa shape index (κ2) is 8.50. The summed E-state index contributed by atoms with van der Waals surface area (Å²) in [5.41, 5.74) is 9.11. The van der Waals surface area contributed by atoms with E-state index in [1.807, 2.05) is 24.1 Å². The Morgan fingerprint density at radius 2 is 2.03 bits per heavy atom. The molecule has 0 aromatic carbocycles. The van der Waals surface area contributed by atoms with Gasteiger partial charge >= 0.3 is 0 Å². The molecule has 32 heavy (non-hydrogen) atoms. The molecule has 2 aliphatic heterocycles. The van der Waals surface area contributed by atoms with Crippen LogP contribution < -0.4 is 10.6 Å². The summed E-state index contributed by atoms with van der Waals surface area (Å²) in [5, 5.41) is 5.33. The fraction of sp³-hybridized carbons (Fsp3) is 0.455. The first-order valence-electron chi connectivity index (χ1n) is 10.9. The van der Waals surface area contributed by atoms with E-state index in [9.17, 15) is 4.79 Å². The fourth-order valence-corrected chi connectivity index (χ4v) is 5.04. The number of carbonyl (C=O) groups is 1. The molecule has 0 bridgehead atoms. The van der Waals surface area contributed by atoms with Crippen LogP contribution in [0.1, 0.15) is 53.3 Å². The zero-order valence-corrected chi connectivity index (χ0v) is 19.4. The zero-order chi connectivity index (χ0) is 22.4. The predicted octanol–water partition coefficient (Wildman–Crippen LogP) is 3.64. The summed E-state index contributed by atoms with van der Waals surface area (Å²) in [6.07, 6.45) is 7.18. The van der Waals surface area contributed by atoms with Gasteiger partial charge in [0.1, 0.15) is 11.0 Å². The summed E-state index contributed by atoms with van der Waals surface area (Å²) in [7, 11) is 0. The minimum absolute atomic E-state index is 0.148. The van der Waals surface area contributed by atoms with Gasteiger partial charge in [-0.05, 0) is 38.7 Å². The van der Waals surface area contributed by atoms with Crippen molar-refractivity contribution in [2.75, 3.05) is 24.5 Å². The highest BCUT2D eigenvalue weighted by Gasteiger charge is 2.32. The van der Waals surface area contributed by atoms with Crippen LogP contribution in [-0.2, 0) is 0 Å². The zero-order valence-electron chi connectivity index (χ0n) is 17.8. The summed E-state index contributed by atoms with van der Waals surface area (Å²) in [4.78, 5) is 26.3. The van der Waals surface area contributed by atoms with Crippen LogP contribution in [0.25, 0.3) is 5.65 Å². The summed E-state index contributed by atoms with van der Waals surface area (Å²) >= 11 is 12.3. The van der Waals surface area contributed by atoms with Crippen LogP contribution in [0.2, 0.25) is 10.2 Å². The summed E-state index contributed by atoms with van der Waals surface area (Å²) in [6, 6.07) is 3.55. The van der Waals surface area contributed by atoms with Crippen LogP contribution in [0.4, 0.5) is 5.82 Å². The first-order valence-corrected chi connectivity index (χ1v) is 11.7. The molecule has 2 saturated heterocycles. The highest BCUT2D eigenvalue weighted by atomic mass is 35.5. The maximum absolute atomic E-state index is 13.4. The fourth-order valence-electron chi connectivity index (χ4n) is 4.70. The number of nitrogens with zero attached hydrogens (tertiary/aromatic N) is 6. The SMILES string of the molecule is Cc1cn2nc([C@@H]3CCCCN3C(=O)c3cc(Cl)ncc3Cl)cc2nc1N1CC[C@H](N)C1. The number of nitrogens with two attached hydrogens (primary N) is 1. The third-order valence-corrected chi connectivity index (χ3v) is 6.81. The Morgan fingerprint density at radius 3 is 2.81 bits per heavy atom. The lowest BCUT2D eigenvalue weighted by atomic mass is 9.98. The van der Waals surface area contributed by atoms with E-state index >= 15 is 0 Å². The lowest BCUT2D eigenvalue weighted by Gasteiger charge is -2.35. The maximum atomic E-state index is 13.4. The van der Waals surface area contributed by atoms with E-state index in [-0.39, 0.29) is 23.1 Å². The number of rotatable bonds is 3. The van der Waals surface area contributed by atoms with Crippen molar-refractivity contribution in [1.29, 1.82) is 0 Å². The van der Waals surface area contributed by atoms with Crippen molar-refractivity contribution in [3.8, 4) is 0 Å². The van der Waals surface area contributed by atoms with Crippen molar-refractivity contribution in [2.24, 2.45) is 5.73 Å². The number of piperidine rings is 1. The van der Waals surface area contributed by atoms with Crippen LogP contribution in [0.5, 0.6) is 0 Å². The highest BCUT2D eigenvalue weighted by molar-refractivity contribution is 6.35. The van der Waals surface area contributed by atoms with Gasteiger partial charge in [0.15, 0.2) is 5.65 Å². The van der Waals surface area contributed by atoms with Crippen molar-refractivity contribution in [2.45, 2.75) is 44.7 Å². The number of aromatic nitrogens is 4. The molecular formula is C22H25Cl2N7O. The van der Waals surface area contributed by atoms with E-state index in [1.165, 1.54) is 12.3 Å². The van der Waals surface area contributed by atoms with Gasteiger partial charge in [0, 0.05) is 49.7 Å². The number of aryl methyl sites for hydroxylation is 1. The Balaban J connectivity index is 1.48. The molecule has 0 saturated carbocycles. The number of carbonyl (C=O) groups excluding carboxylic acids is 1. The van der Waals surface area contributed by atoms with E-state index in [4.69, 9.17) is 39.0 Å². The van der Waals surface area contributed by atoms with Crippen molar-refractivity contribution in [3.63, 3.8) is 0 Å². The summed E-state index contributed by atoms with van der Waals surface area (Å²) in [5.74, 6) is 0.795. The minimum Gasteiger partial charge on any atom is -0.355 e. The second-order valence-corrected chi connectivity index (χ2v) is 9.41. The Kier molecular flexibility index (Phi) is 5.69. The third kappa shape index (κ3) is 3.91. The van der Waals surface area contributed by atoms with E-state index < -0.39 is 0 Å². The van der Waals surface area contributed by atoms with E-state index in [2.05, 4.69) is 9.88 Å². The van der Waals surface area contributed by atoms with E-state index in [1.54, 1.807) is 4.52 Å². The molecule has 3 aromatic rings. The molecule has 2 atom stereocenters. The van der Waals surface area contributed by atoms with Crippen molar-refractivity contribution < 1.29 is 4.79 Å². The molecule has 5 heterocycles. The molecule has 0 aliphatic carbocycles. The lowest BCUT2D eigenvalue weighted by Crippen LogP contribution is -2.38. The van der Waals surface area contributed by atoms with Crippen molar-refractivity contribution in [1.82, 2.24) is 24.5 Å². The van der Waals surface area contributed by atoms with Gasteiger partial charge in [-0.3, -0.25) is 4.79 Å². The smallest absolute Gasteiger partial charge is 0.256 e. The molecule has 10 heteroatoms. The van der Waals surface area contributed by atoms with Gasteiger partial charge < -0.3 is 15.5 Å². The summed E-state index contributed by atoms with van der Waals surface area (Å²) in [6.45, 7) is 4.40. The molecule has 2 fully saturated rings. The molecule has 1 amide bonds. The van der Waals surface area contributed by atoms with Gasteiger partial charge in [0.05, 0.1) is 22.3 Å². The first kappa shape index (κ1) is 21.4. The molecule has 8 nitrogen and oxygen atoms in total. The molecule has 5 rings (SSSR count). The molecule has 2 aliphatic rings. The van der Waals surface area contributed by atoms with Crippen molar-refractivity contribution in [3.05, 3.63) is 51.5 Å². The first-order chi connectivity index (χ1) is 15.4. The molecular weight excluding hydrogens is 449 g/mol. The molecule has 3 aromatic heterocycles. The Morgan fingerprint density at radius 1 is 1.19 bits per heavy atom. The predicted molar refractivity (Wildman–Crippen MR) is 124 cm³/mol. The van der Waals surface area contributed by atoms with Crippen LogP contribution in [-0.4, -0.2) is 56.1 Å². The van der Waals surface area contributed by atoms with Gasteiger partial charge in [-0.15, -0.1) is 0 Å². The number of fused-ring (bicyclic) bond motifs is 1. The number of halogens is 2. The number of likely N-dealkylation sites (tertiary alicyclic amines) is 1. The average Bonchev–Trinajstić information content (AvgIpc) is 3.40. The number of anilines is 1. The van der Waals surface area contributed by atoms with Crippen LogP contribution >= 0.6 is 23.2 Å². The topological polar surface area (TPSA) is 92.6 Å². The molecule has 0 unspecified atom stereocenters. The van der Waals surface area contributed by atoms with Crippen LogP contribution in [0.15, 0.2) is 24.5 Å². The monoisotopic (exact) mass is 473 g/mol. The number of hydrogen-bond donors (Lipinski definition) is 1. The van der Waals surface area contributed by atoms with Gasteiger partial charge in [0.25, 0.3) is 5.91 Å². The number of amides is 1. The van der Waals surface area contributed by atoms with Crippen molar-refractivity contribution >= 4 is 40.6 Å². The number of hydrogen-bond acceptors (Lipinski definition) is 6. The Bertz CT molecular complexity index is 1180. The standard InChI is InChI=1S/C22H25Cl2N7O/c1-13-11-31-20(27-21(13)29-7-5-14(25)12-29)9-17(28-31)18-4-2-3-6-30(18)22(32)15-8-19(24)26-10-16(15)23/h8-11,14,18H,2-7,12,25H2,1H3/t14-,18-/m0/s1. The molecule has 168 valence electrons. The van der Waals surface area contributed by atoms with E-state index in [0.717, 1.165) is 61.5 Å².